The Kier molecular flexibility index (Phi) is 10.2. The standard InChI is InChI=1S/C11H9ClN2O4.C11H10ClNO2.HNO3/c1-2-18-11(15)9-10(14(16)17)7-5-6(12)3-4-8(7)13-9;1-2-15-11(14)10-6-7-5-8(12)3-4-9(7)13-10;2-1(3)4/h3-5,13H,2H2,1H3;3-6,13H,2H2,1H3;(H,2,3,4). The molecule has 13 nitrogen and oxygen atoms in total. The fourth-order valence-electron chi connectivity index (χ4n) is 3.11. The maximum atomic E-state index is 11.6. The molecule has 3 N–H and O–H groups in total. The summed E-state index contributed by atoms with van der Waals surface area (Å²) in [7, 11) is 0. The van der Waals surface area contributed by atoms with Crippen LogP contribution >= 0.6 is 23.2 Å². The third-order valence-electron chi connectivity index (χ3n) is 4.47. The lowest BCUT2D eigenvalue weighted by atomic mass is 10.2. The summed E-state index contributed by atoms with van der Waals surface area (Å²) in [5.41, 5.74) is 1.32. The Hall–Kier alpha value is -4.36. The van der Waals surface area contributed by atoms with Crippen LogP contribution in [-0.2, 0) is 9.47 Å². The number of hydrogen-bond acceptors (Lipinski definition) is 8. The third-order valence-corrected chi connectivity index (χ3v) is 4.94. The van der Waals surface area contributed by atoms with Crippen LogP contribution in [0.5, 0.6) is 0 Å². The number of hydrogen-bond donors (Lipinski definition) is 3. The lowest BCUT2D eigenvalue weighted by Gasteiger charge is -1.98. The van der Waals surface area contributed by atoms with Crippen LogP contribution in [-0.4, -0.2) is 50.3 Å². The van der Waals surface area contributed by atoms with Crippen LogP contribution in [0, 0.1) is 20.2 Å². The van der Waals surface area contributed by atoms with Crippen molar-refractivity contribution in [3.8, 4) is 0 Å². The van der Waals surface area contributed by atoms with Crippen molar-refractivity contribution < 1.29 is 34.3 Å². The summed E-state index contributed by atoms with van der Waals surface area (Å²) < 4.78 is 9.66. The molecule has 0 fully saturated rings. The van der Waals surface area contributed by atoms with Gasteiger partial charge < -0.3 is 24.6 Å². The molecule has 2 aromatic carbocycles. The van der Waals surface area contributed by atoms with Crippen LogP contribution in [0.15, 0.2) is 42.5 Å². The van der Waals surface area contributed by atoms with Gasteiger partial charge in [0.1, 0.15) is 5.69 Å². The Morgan fingerprint density at radius 3 is 2.00 bits per heavy atom. The lowest BCUT2D eigenvalue weighted by molar-refractivity contribution is -0.742. The summed E-state index contributed by atoms with van der Waals surface area (Å²) in [6.07, 6.45) is 0. The molecule has 0 atom stereocenters. The molecule has 2 heterocycles. The average molecular weight is 555 g/mol. The number of benzene rings is 2. The molecule has 37 heavy (non-hydrogen) atoms. The quantitative estimate of drug-likeness (QED) is 0.161. The Morgan fingerprint density at radius 1 is 0.892 bits per heavy atom. The first-order valence-electron chi connectivity index (χ1n) is 10.4. The van der Waals surface area contributed by atoms with Gasteiger partial charge in [0.05, 0.1) is 29.0 Å². The molecule has 2 aromatic heterocycles. The fourth-order valence-corrected chi connectivity index (χ4v) is 3.47. The molecule has 4 rings (SSSR count). The average Bonchev–Trinajstić information content (AvgIpc) is 3.40. The van der Waals surface area contributed by atoms with Crippen LogP contribution in [0.1, 0.15) is 34.8 Å². The summed E-state index contributed by atoms with van der Waals surface area (Å²) >= 11 is 11.6. The van der Waals surface area contributed by atoms with Crippen molar-refractivity contribution in [3.63, 3.8) is 0 Å². The third kappa shape index (κ3) is 7.81. The molecule has 0 aliphatic rings. The Labute approximate surface area is 218 Å². The van der Waals surface area contributed by atoms with E-state index >= 15 is 0 Å². The first-order chi connectivity index (χ1) is 17.5. The number of nitro groups is 1. The van der Waals surface area contributed by atoms with Crippen molar-refractivity contribution in [1.82, 2.24) is 9.97 Å². The van der Waals surface area contributed by atoms with Gasteiger partial charge in [-0.25, -0.2) is 9.59 Å². The summed E-state index contributed by atoms with van der Waals surface area (Å²) in [6.45, 7) is 3.92. The lowest BCUT2D eigenvalue weighted by Crippen LogP contribution is -2.07. The number of carbonyl (C=O) groups is 2. The first kappa shape index (κ1) is 28.9. The van der Waals surface area contributed by atoms with Gasteiger partial charge in [-0.2, -0.15) is 0 Å². The van der Waals surface area contributed by atoms with E-state index in [4.69, 9.17) is 48.0 Å². The number of esters is 2. The van der Waals surface area contributed by atoms with E-state index in [-0.39, 0.29) is 29.3 Å². The second-order valence-electron chi connectivity index (χ2n) is 6.89. The highest BCUT2D eigenvalue weighted by molar-refractivity contribution is 6.31. The minimum Gasteiger partial charge on any atom is -0.461 e. The zero-order valence-corrected chi connectivity index (χ0v) is 20.8. The zero-order chi connectivity index (χ0) is 27.7. The monoisotopic (exact) mass is 554 g/mol. The minimum atomic E-state index is -1.50. The molecular weight excluding hydrogens is 535 g/mol. The molecule has 0 saturated carbocycles. The van der Waals surface area contributed by atoms with E-state index in [1.807, 2.05) is 6.07 Å². The van der Waals surface area contributed by atoms with E-state index in [0.717, 1.165) is 10.9 Å². The van der Waals surface area contributed by atoms with Gasteiger partial charge in [0.2, 0.25) is 5.69 Å². The fraction of sp³-hybridized carbons (Fsp3) is 0.182. The number of H-pyrrole nitrogens is 2. The van der Waals surface area contributed by atoms with E-state index in [2.05, 4.69) is 9.97 Å². The Bertz CT molecular complexity index is 1440. The Balaban J connectivity index is 0.000000230. The first-order valence-corrected chi connectivity index (χ1v) is 11.1. The molecule has 0 aliphatic heterocycles. The second kappa shape index (κ2) is 13.1. The van der Waals surface area contributed by atoms with E-state index in [1.165, 1.54) is 6.07 Å². The molecule has 196 valence electrons. The van der Waals surface area contributed by atoms with E-state index in [1.54, 1.807) is 44.2 Å². The van der Waals surface area contributed by atoms with Gasteiger partial charge >= 0.3 is 17.6 Å². The van der Waals surface area contributed by atoms with Gasteiger partial charge in [-0.05, 0) is 56.3 Å². The van der Waals surface area contributed by atoms with Gasteiger partial charge in [-0.15, -0.1) is 10.1 Å². The molecule has 0 unspecified atom stereocenters. The maximum Gasteiger partial charge on any atom is 0.362 e. The number of halogens is 2. The molecule has 0 aliphatic carbocycles. The molecule has 0 spiro atoms. The minimum absolute atomic E-state index is 0.145. The number of nitrogens with one attached hydrogen (secondary N) is 2. The van der Waals surface area contributed by atoms with Crippen molar-refractivity contribution in [2.24, 2.45) is 0 Å². The van der Waals surface area contributed by atoms with Gasteiger partial charge in [0.25, 0.3) is 5.09 Å². The molecule has 0 saturated heterocycles. The highest BCUT2D eigenvalue weighted by Crippen LogP contribution is 2.32. The number of aromatic amines is 2. The number of carbonyl (C=O) groups excluding carboxylic acids is 2. The van der Waals surface area contributed by atoms with Crippen LogP contribution in [0.4, 0.5) is 5.69 Å². The number of aromatic nitrogens is 2. The largest absolute Gasteiger partial charge is 0.461 e. The predicted octanol–water partition coefficient (Wildman–Crippen LogP) is 5.56. The summed E-state index contributed by atoms with van der Waals surface area (Å²) in [5.74, 6) is -1.10. The van der Waals surface area contributed by atoms with Gasteiger partial charge in [-0.3, -0.25) is 10.1 Å². The van der Waals surface area contributed by atoms with Crippen molar-refractivity contribution in [2.45, 2.75) is 13.8 Å². The van der Waals surface area contributed by atoms with Crippen LogP contribution in [0.25, 0.3) is 21.8 Å². The normalized spacial score (nSPS) is 10.1. The molecule has 4 aromatic rings. The Morgan fingerprint density at radius 2 is 1.43 bits per heavy atom. The summed E-state index contributed by atoms with van der Waals surface area (Å²) in [6, 6.07) is 11.7. The highest BCUT2D eigenvalue weighted by Gasteiger charge is 2.27. The van der Waals surface area contributed by atoms with Crippen molar-refractivity contribution in [2.75, 3.05) is 13.2 Å². The number of nitrogens with zero attached hydrogens (tertiary/aromatic N) is 2. The molecule has 0 radical (unpaired) electrons. The van der Waals surface area contributed by atoms with Crippen LogP contribution in [0.3, 0.4) is 0 Å². The zero-order valence-electron chi connectivity index (χ0n) is 19.3. The van der Waals surface area contributed by atoms with E-state index in [0.29, 0.717) is 27.9 Å². The van der Waals surface area contributed by atoms with E-state index in [9.17, 15) is 19.7 Å². The van der Waals surface area contributed by atoms with Gasteiger partial charge in [0.15, 0.2) is 0 Å². The SMILES string of the molecule is CCOC(=O)c1[nH]c2ccc(Cl)cc2c1[N+](=O)[O-].CCOC(=O)c1cc2cc(Cl)ccc2[nH]1.O=[N+]([O-])O. The molecule has 15 heteroatoms. The maximum absolute atomic E-state index is 11.6. The van der Waals surface area contributed by atoms with Gasteiger partial charge in [-0.1, -0.05) is 23.2 Å². The van der Waals surface area contributed by atoms with E-state index < -0.39 is 16.0 Å². The number of rotatable bonds is 5. The smallest absolute Gasteiger partial charge is 0.362 e. The summed E-state index contributed by atoms with van der Waals surface area (Å²) in [5, 5.41) is 26.9. The van der Waals surface area contributed by atoms with Crippen molar-refractivity contribution in [3.05, 3.63) is 84.1 Å². The van der Waals surface area contributed by atoms with Crippen LogP contribution in [0.2, 0.25) is 10.0 Å². The van der Waals surface area contributed by atoms with Crippen molar-refractivity contribution in [1.29, 1.82) is 0 Å². The van der Waals surface area contributed by atoms with Crippen LogP contribution < -0.4 is 0 Å². The summed E-state index contributed by atoms with van der Waals surface area (Å²) in [4.78, 5) is 47.5. The second-order valence-corrected chi connectivity index (χ2v) is 7.76. The molecule has 0 amide bonds. The van der Waals surface area contributed by atoms with Crippen molar-refractivity contribution >= 4 is 62.6 Å². The van der Waals surface area contributed by atoms with Gasteiger partial charge in [0, 0.05) is 20.9 Å². The number of ether oxygens (including phenoxy) is 2. The molecular formula is C22H20Cl2N4O9. The number of fused-ring (bicyclic) bond motifs is 2. The highest BCUT2D eigenvalue weighted by atomic mass is 35.5. The predicted molar refractivity (Wildman–Crippen MR) is 134 cm³/mol. The topological polar surface area (TPSA) is 191 Å². The molecule has 0 bridgehead atoms.